The van der Waals surface area contributed by atoms with Gasteiger partial charge in [0.1, 0.15) is 5.82 Å². The summed E-state index contributed by atoms with van der Waals surface area (Å²) in [5.74, 6) is -0.346. The fraction of sp³-hybridized carbons (Fsp3) is 0.444. The number of halogens is 1. The molecule has 0 spiro atoms. The standard InChI is InChI=1S/C18H23FN4O/c1-4-23-17(13-6-5-7-14(19)10-13)11-16(20-23)18(24)22-9-8-15(12-22)21(2)3/h5-7,10-11,15H,4,8-9,12H2,1-3H3. The average molecular weight is 330 g/mol. The van der Waals surface area contributed by atoms with Crippen LogP contribution in [0.3, 0.4) is 0 Å². The minimum absolute atomic E-state index is 0.0517. The van der Waals surface area contributed by atoms with Crippen molar-refractivity contribution in [2.75, 3.05) is 27.2 Å². The predicted octanol–water partition coefficient (Wildman–Crippen LogP) is 2.49. The highest BCUT2D eigenvalue weighted by molar-refractivity contribution is 5.93. The van der Waals surface area contributed by atoms with Crippen LogP contribution in [0, 0.1) is 5.82 Å². The zero-order valence-electron chi connectivity index (χ0n) is 14.4. The highest BCUT2D eigenvalue weighted by Crippen LogP contribution is 2.23. The van der Waals surface area contributed by atoms with Crippen LogP contribution in [0.4, 0.5) is 4.39 Å². The number of hydrogen-bond donors (Lipinski definition) is 0. The zero-order valence-corrected chi connectivity index (χ0v) is 14.4. The molecule has 0 bridgehead atoms. The number of nitrogens with zero attached hydrogens (tertiary/aromatic N) is 4. The van der Waals surface area contributed by atoms with Crippen LogP contribution in [0.5, 0.6) is 0 Å². The highest BCUT2D eigenvalue weighted by atomic mass is 19.1. The number of likely N-dealkylation sites (tertiary alicyclic amines) is 1. The number of carbonyl (C=O) groups is 1. The van der Waals surface area contributed by atoms with Crippen molar-refractivity contribution in [2.45, 2.75) is 25.9 Å². The van der Waals surface area contributed by atoms with Crippen molar-refractivity contribution in [3.8, 4) is 11.3 Å². The van der Waals surface area contributed by atoms with Gasteiger partial charge in [-0.3, -0.25) is 9.48 Å². The largest absolute Gasteiger partial charge is 0.336 e. The van der Waals surface area contributed by atoms with Gasteiger partial charge in [-0.1, -0.05) is 12.1 Å². The van der Waals surface area contributed by atoms with Crippen LogP contribution in [-0.4, -0.2) is 58.7 Å². The number of benzene rings is 1. The maximum absolute atomic E-state index is 13.5. The van der Waals surface area contributed by atoms with Gasteiger partial charge in [-0.25, -0.2) is 4.39 Å². The topological polar surface area (TPSA) is 41.4 Å². The number of aromatic nitrogens is 2. The lowest BCUT2D eigenvalue weighted by atomic mass is 10.1. The Balaban J connectivity index is 1.86. The average Bonchev–Trinajstić information content (AvgIpc) is 3.21. The molecule has 24 heavy (non-hydrogen) atoms. The Morgan fingerprint density at radius 1 is 1.38 bits per heavy atom. The highest BCUT2D eigenvalue weighted by Gasteiger charge is 2.29. The quantitative estimate of drug-likeness (QED) is 0.865. The van der Waals surface area contributed by atoms with E-state index in [0.29, 0.717) is 18.3 Å². The van der Waals surface area contributed by atoms with E-state index in [-0.39, 0.29) is 11.7 Å². The monoisotopic (exact) mass is 330 g/mol. The third-order valence-corrected chi connectivity index (χ3v) is 4.60. The molecule has 1 aliphatic rings. The lowest BCUT2D eigenvalue weighted by Gasteiger charge is -2.19. The van der Waals surface area contributed by atoms with Crippen LogP contribution < -0.4 is 0 Å². The van der Waals surface area contributed by atoms with E-state index in [0.717, 1.165) is 30.8 Å². The second-order valence-corrected chi connectivity index (χ2v) is 6.40. The molecule has 1 saturated heterocycles. The Morgan fingerprint density at radius 2 is 2.17 bits per heavy atom. The summed E-state index contributed by atoms with van der Waals surface area (Å²) < 4.78 is 15.3. The van der Waals surface area contributed by atoms with E-state index >= 15 is 0 Å². The third-order valence-electron chi connectivity index (χ3n) is 4.60. The van der Waals surface area contributed by atoms with Crippen molar-refractivity contribution < 1.29 is 9.18 Å². The maximum Gasteiger partial charge on any atom is 0.274 e. The predicted molar refractivity (Wildman–Crippen MR) is 91.3 cm³/mol. The molecule has 5 nitrogen and oxygen atoms in total. The van der Waals surface area contributed by atoms with Gasteiger partial charge in [0.25, 0.3) is 5.91 Å². The molecule has 1 aromatic carbocycles. The molecule has 1 atom stereocenters. The second kappa shape index (κ2) is 6.73. The number of likely N-dealkylation sites (N-methyl/N-ethyl adjacent to an activating group) is 1. The molecule has 0 N–H and O–H groups in total. The first-order valence-electron chi connectivity index (χ1n) is 8.29. The fourth-order valence-corrected chi connectivity index (χ4v) is 3.15. The SMILES string of the molecule is CCn1nc(C(=O)N2CCC(N(C)C)C2)cc1-c1cccc(F)c1. The smallest absolute Gasteiger partial charge is 0.274 e. The summed E-state index contributed by atoms with van der Waals surface area (Å²) in [5, 5.41) is 4.44. The number of amides is 1. The molecule has 6 heteroatoms. The first kappa shape index (κ1) is 16.6. The molecular formula is C18H23FN4O. The molecule has 1 unspecified atom stereocenters. The maximum atomic E-state index is 13.5. The van der Waals surface area contributed by atoms with Crippen LogP contribution in [0.1, 0.15) is 23.8 Å². The third kappa shape index (κ3) is 3.19. The van der Waals surface area contributed by atoms with Gasteiger partial charge in [-0.15, -0.1) is 0 Å². The van der Waals surface area contributed by atoms with Crippen LogP contribution in [-0.2, 0) is 6.54 Å². The Hall–Kier alpha value is -2.21. The molecule has 2 heterocycles. The lowest BCUT2D eigenvalue weighted by Crippen LogP contribution is -2.34. The molecule has 0 radical (unpaired) electrons. The second-order valence-electron chi connectivity index (χ2n) is 6.40. The molecule has 0 saturated carbocycles. The minimum Gasteiger partial charge on any atom is -0.336 e. The molecule has 1 amide bonds. The molecule has 1 fully saturated rings. The number of carbonyl (C=O) groups excluding carboxylic acids is 1. The van der Waals surface area contributed by atoms with E-state index in [2.05, 4.69) is 10.00 Å². The van der Waals surface area contributed by atoms with Crippen molar-refractivity contribution in [2.24, 2.45) is 0 Å². The molecule has 128 valence electrons. The first-order chi connectivity index (χ1) is 11.5. The fourth-order valence-electron chi connectivity index (χ4n) is 3.15. The van der Waals surface area contributed by atoms with Gasteiger partial charge < -0.3 is 9.80 Å². The van der Waals surface area contributed by atoms with Gasteiger partial charge in [-0.05, 0) is 45.6 Å². The first-order valence-corrected chi connectivity index (χ1v) is 8.29. The Kier molecular flexibility index (Phi) is 4.66. The Morgan fingerprint density at radius 3 is 2.79 bits per heavy atom. The van der Waals surface area contributed by atoms with Gasteiger partial charge in [0.05, 0.1) is 5.69 Å². The van der Waals surface area contributed by atoms with Crippen LogP contribution in [0.15, 0.2) is 30.3 Å². The molecule has 3 rings (SSSR count). The molecule has 1 aliphatic heterocycles. The van der Waals surface area contributed by atoms with E-state index in [1.807, 2.05) is 32.0 Å². The minimum atomic E-state index is -0.294. The molecule has 0 aliphatic carbocycles. The number of rotatable bonds is 4. The zero-order chi connectivity index (χ0) is 17.3. The van der Waals surface area contributed by atoms with Crippen LogP contribution >= 0.6 is 0 Å². The van der Waals surface area contributed by atoms with Crippen LogP contribution in [0.2, 0.25) is 0 Å². The van der Waals surface area contributed by atoms with Crippen molar-refractivity contribution in [3.63, 3.8) is 0 Å². The normalized spacial score (nSPS) is 17.7. The van der Waals surface area contributed by atoms with E-state index < -0.39 is 0 Å². The van der Waals surface area contributed by atoms with Gasteiger partial charge >= 0.3 is 0 Å². The van der Waals surface area contributed by atoms with E-state index in [1.54, 1.807) is 16.8 Å². The summed E-state index contributed by atoms with van der Waals surface area (Å²) in [4.78, 5) is 16.8. The van der Waals surface area contributed by atoms with Gasteiger partial charge in [0, 0.05) is 31.2 Å². The lowest BCUT2D eigenvalue weighted by molar-refractivity contribution is 0.0776. The van der Waals surface area contributed by atoms with Crippen molar-refractivity contribution in [3.05, 3.63) is 41.8 Å². The number of aryl methyl sites for hydroxylation is 1. The molecule has 2 aromatic rings. The van der Waals surface area contributed by atoms with E-state index in [1.165, 1.54) is 12.1 Å². The summed E-state index contributed by atoms with van der Waals surface area (Å²) in [5.41, 5.74) is 1.93. The molecule has 1 aromatic heterocycles. The van der Waals surface area contributed by atoms with Crippen molar-refractivity contribution in [1.82, 2.24) is 19.6 Å². The summed E-state index contributed by atoms with van der Waals surface area (Å²) in [6, 6.07) is 8.54. The molecular weight excluding hydrogens is 307 g/mol. The van der Waals surface area contributed by atoms with Crippen molar-refractivity contribution in [1.29, 1.82) is 0 Å². The summed E-state index contributed by atoms with van der Waals surface area (Å²) in [6.07, 6.45) is 0.976. The van der Waals surface area contributed by atoms with E-state index in [9.17, 15) is 9.18 Å². The van der Waals surface area contributed by atoms with Crippen molar-refractivity contribution >= 4 is 5.91 Å². The van der Waals surface area contributed by atoms with Gasteiger partial charge in [0.15, 0.2) is 5.69 Å². The van der Waals surface area contributed by atoms with Gasteiger partial charge in [-0.2, -0.15) is 5.10 Å². The number of hydrogen-bond acceptors (Lipinski definition) is 3. The Bertz CT molecular complexity index is 740. The van der Waals surface area contributed by atoms with Crippen LogP contribution in [0.25, 0.3) is 11.3 Å². The summed E-state index contributed by atoms with van der Waals surface area (Å²) in [6.45, 7) is 4.05. The summed E-state index contributed by atoms with van der Waals surface area (Å²) in [7, 11) is 4.07. The Labute approximate surface area is 141 Å². The van der Waals surface area contributed by atoms with Gasteiger partial charge in [0.2, 0.25) is 0 Å². The van der Waals surface area contributed by atoms with E-state index in [4.69, 9.17) is 0 Å². The summed E-state index contributed by atoms with van der Waals surface area (Å²) >= 11 is 0.